The van der Waals surface area contributed by atoms with E-state index in [0.29, 0.717) is 5.69 Å². The molecule has 0 aromatic carbocycles. The van der Waals surface area contributed by atoms with E-state index in [9.17, 15) is 0 Å². The Kier molecular flexibility index (Phi) is 2.19. The number of nitrogens with two attached hydrogens (primary N) is 1. The number of nitrogens with zero attached hydrogens (tertiary/aromatic N) is 3. The number of rotatable bonds is 1. The molecule has 0 fully saturated rings. The fourth-order valence-electron chi connectivity index (χ4n) is 1.72. The van der Waals surface area contributed by atoms with Gasteiger partial charge in [0.15, 0.2) is 0 Å². The largest absolute Gasteiger partial charge is 0.397 e. The molecule has 3 aromatic heterocycles. The van der Waals surface area contributed by atoms with Gasteiger partial charge in [-0.15, -0.1) is 0 Å². The van der Waals surface area contributed by atoms with Gasteiger partial charge >= 0.3 is 0 Å². The van der Waals surface area contributed by atoms with Gasteiger partial charge in [-0.25, -0.2) is 4.98 Å². The summed E-state index contributed by atoms with van der Waals surface area (Å²) in [5.41, 5.74) is 9.05. The summed E-state index contributed by atoms with van der Waals surface area (Å²) in [6.07, 6.45) is 6.90. The first-order valence-corrected chi connectivity index (χ1v) is 5.24. The number of fused-ring (bicyclic) bond motifs is 1. The lowest BCUT2D eigenvalue weighted by Crippen LogP contribution is -1.90. The van der Waals surface area contributed by atoms with E-state index in [1.807, 2.05) is 24.3 Å². The monoisotopic (exact) mass is 222 g/mol. The lowest BCUT2D eigenvalue weighted by Gasteiger charge is -2.03. The molecule has 17 heavy (non-hydrogen) atoms. The van der Waals surface area contributed by atoms with Gasteiger partial charge in [-0.1, -0.05) is 0 Å². The van der Waals surface area contributed by atoms with Crippen molar-refractivity contribution in [3.8, 4) is 11.3 Å². The molecule has 4 heteroatoms. The van der Waals surface area contributed by atoms with Crippen molar-refractivity contribution in [3.05, 3.63) is 49.1 Å². The Hall–Kier alpha value is -2.49. The molecule has 0 saturated heterocycles. The Labute approximate surface area is 98.2 Å². The molecule has 3 aromatic rings. The highest BCUT2D eigenvalue weighted by Gasteiger charge is 2.02. The van der Waals surface area contributed by atoms with Crippen LogP contribution < -0.4 is 5.73 Å². The fourth-order valence-corrected chi connectivity index (χ4v) is 1.72. The number of hydrogen-bond donors (Lipinski definition) is 1. The molecule has 0 atom stereocenters. The topological polar surface area (TPSA) is 64.7 Å². The van der Waals surface area contributed by atoms with Crippen molar-refractivity contribution in [2.75, 3.05) is 5.73 Å². The van der Waals surface area contributed by atoms with E-state index in [-0.39, 0.29) is 0 Å². The van der Waals surface area contributed by atoms with Crippen LogP contribution in [0.3, 0.4) is 0 Å². The number of pyridine rings is 3. The van der Waals surface area contributed by atoms with Gasteiger partial charge in [-0.2, -0.15) is 0 Å². The van der Waals surface area contributed by atoms with Gasteiger partial charge in [-0.05, 0) is 24.3 Å². The van der Waals surface area contributed by atoms with Gasteiger partial charge in [0.2, 0.25) is 0 Å². The lowest BCUT2D eigenvalue weighted by molar-refractivity contribution is 1.29. The smallest absolute Gasteiger partial charge is 0.0740 e. The Morgan fingerprint density at radius 3 is 2.76 bits per heavy atom. The summed E-state index contributed by atoms with van der Waals surface area (Å²) in [6, 6.07) is 7.69. The standard InChI is InChI=1S/C13H10N4/c14-11-5-10(7-16-8-11)12-2-1-9-6-15-4-3-13(9)17-12/h1-8H,14H2. The van der Waals surface area contributed by atoms with Gasteiger partial charge in [0.25, 0.3) is 0 Å². The van der Waals surface area contributed by atoms with Crippen LogP contribution in [0, 0.1) is 0 Å². The van der Waals surface area contributed by atoms with E-state index in [1.54, 1.807) is 24.8 Å². The molecule has 82 valence electrons. The first kappa shape index (κ1) is 9.72. The number of anilines is 1. The lowest BCUT2D eigenvalue weighted by atomic mass is 10.1. The average molecular weight is 222 g/mol. The third kappa shape index (κ3) is 1.80. The molecule has 0 amide bonds. The SMILES string of the molecule is Nc1cncc(-c2ccc3cnccc3n2)c1. The number of hydrogen-bond acceptors (Lipinski definition) is 4. The second-order valence-corrected chi connectivity index (χ2v) is 3.77. The van der Waals surface area contributed by atoms with Crippen molar-refractivity contribution < 1.29 is 0 Å². The Morgan fingerprint density at radius 2 is 1.88 bits per heavy atom. The third-order valence-corrected chi connectivity index (χ3v) is 2.54. The number of nitrogen functional groups attached to an aromatic ring is 1. The predicted octanol–water partition coefficient (Wildman–Crippen LogP) is 2.27. The van der Waals surface area contributed by atoms with Crippen LogP contribution in [0.5, 0.6) is 0 Å². The van der Waals surface area contributed by atoms with Gasteiger partial charge in [0.1, 0.15) is 0 Å². The normalized spacial score (nSPS) is 10.6. The summed E-state index contributed by atoms with van der Waals surface area (Å²) in [6.45, 7) is 0. The molecule has 4 nitrogen and oxygen atoms in total. The van der Waals surface area contributed by atoms with Crippen molar-refractivity contribution in [2.24, 2.45) is 0 Å². The van der Waals surface area contributed by atoms with Crippen molar-refractivity contribution in [3.63, 3.8) is 0 Å². The van der Waals surface area contributed by atoms with Crippen molar-refractivity contribution in [1.82, 2.24) is 15.0 Å². The van der Waals surface area contributed by atoms with Crippen LogP contribution in [0.15, 0.2) is 49.1 Å². The zero-order valence-electron chi connectivity index (χ0n) is 9.04. The third-order valence-electron chi connectivity index (χ3n) is 2.54. The number of aromatic nitrogens is 3. The fraction of sp³-hybridized carbons (Fsp3) is 0. The molecule has 0 aliphatic rings. The zero-order chi connectivity index (χ0) is 11.7. The maximum absolute atomic E-state index is 5.71. The van der Waals surface area contributed by atoms with Crippen molar-refractivity contribution >= 4 is 16.6 Å². The molecule has 0 bridgehead atoms. The Balaban J connectivity index is 2.18. The van der Waals surface area contributed by atoms with Gasteiger partial charge in [0.05, 0.1) is 16.9 Å². The van der Waals surface area contributed by atoms with Crippen LogP contribution in [0.2, 0.25) is 0 Å². The molecular weight excluding hydrogens is 212 g/mol. The summed E-state index contributed by atoms with van der Waals surface area (Å²) in [5, 5.41) is 1.02. The Morgan fingerprint density at radius 1 is 0.941 bits per heavy atom. The van der Waals surface area contributed by atoms with Crippen LogP contribution >= 0.6 is 0 Å². The molecule has 0 saturated carbocycles. The maximum atomic E-state index is 5.71. The Bertz CT molecular complexity index is 679. The molecule has 0 aliphatic carbocycles. The summed E-state index contributed by atoms with van der Waals surface area (Å²) in [7, 11) is 0. The minimum atomic E-state index is 0.638. The van der Waals surface area contributed by atoms with Crippen molar-refractivity contribution in [2.45, 2.75) is 0 Å². The summed E-state index contributed by atoms with van der Waals surface area (Å²) in [4.78, 5) is 12.7. The first-order valence-electron chi connectivity index (χ1n) is 5.24. The average Bonchev–Trinajstić information content (AvgIpc) is 2.38. The maximum Gasteiger partial charge on any atom is 0.0740 e. The molecule has 3 heterocycles. The molecule has 0 aliphatic heterocycles. The minimum Gasteiger partial charge on any atom is -0.397 e. The van der Waals surface area contributed by atoms with E-state index >= 15 is 0 Å². The molecular formula is C13H10N4. The van der Waals surface area contributed by atoms with Crippen LogP contribution in [0.25, 0.3) is 22.2 Å². The highest BCUT2D eigenvalue weighted by atomic mass is 14.7. The van der Waals surface area contributed by atoms with Gasteiger partial charge < -0.3 is 5.73 Å². The van der Waals surface area contributed by atoms with E-state index in [0.717, 1.165) is 22.2 Å². The molecule has 3 rings (SSSR count). The van der Waals surface area contributed by atoms with Gasteiger partial charge in [-0.3, -0.25) is 9.97 Å². The predicted molar refractivity (Wildman–Crippen MR) is 67.2 cm³/mol. The molecule has 0 spiro atoms. The molecule has 2 N–H and O–H groups in total. The van der Waals surface area contributed by atoms with E-state index in [1.165, 1.54) is 0 Å². The summed E-state index contributed by atoms with van der Waals surface area (Å²) < 4.78 is 0. The van der Waals surface area contributed by atoms with E-state index in [4.69, 9.17) is 5.73 Å². The van der Waals surface area contributed by atoms with Crippen LogP contribution in [-0.2, 0) is 0 Å². The highest BCUT2D eigenvalue weighted by Crippen LogP contribution is 2.20. The summed E-state index contributed by atoms with van der Waals surface area (Å²) in [5.74, 6) is 0. The first-order chi connectivity index (χ1) is 8.33. The zero-order valence-corrected chi connectivity index (χ0v) is 9.04. The second-order valence-electron chi connectivity index (χ2n) is 3.77. The molecule has 0 unspecified atom stereocenters. The summed E-state index contributed by atoms with van der Waals surface area (Å²) >= 11 is 0. The van der Waals surface area contributed by atoms with Crippen LogP contribution in [-0.4, -0.2) is 15.0 Å². The van der Waals surface area contributed by atoms with Gasteiger partial charge in [0, 0.05) is 35.7 Å². The van der Waals surface area contributed by atoms with Crippen molar-refractivity contribution in [1.29, 1.82) is 0 Å². The van der Waals surface area contributed by atoms with Crippen LogP contribution in [0.1, 0.15) is 0 Å². The highest BCUT2D eigenvalue weighted by molar-refractivity contribution is 5.80. The second kappa shape index (κ2) is 3.83. The van der Waals surface area contributed by atoms with E-state index in [2.05, 4.69) is 15.0 Å². The van der Waals surface area contributed by atoms with E-state index < -0.39 is 0 Å². The molecule has 0 radical (unpaired) electrons. The minimum absolute atomic E-state index is 0.638. The van der Waals surface area contributed by atoms with Crippen LogP contribution in [0.4, 0.5) is 5.69 Å². The quantitative estimate of drug-likeness (QED) is 0.686.